The van der Waals surface area contributed by atoms with Gasteiger partial charge in [0.1, 0.15) is 0 Å². The molecule has 92 valence electrons. The van der Waals surface area contributed by atoms with Crippen LogP contribution in [0.4, 0.5) is 0 Å². The lowest BCUT2D eigenvalue weighted by atomic mass is 10.3. The lowest BCUT2D eigenvalue weighted by Crippen LogP contribution is -2.13. The molecule has 0 aliphatic heterocycles. The maximum atomic E-state index is 11.0. The molecule has 6 heteroatoms. The van der Waals surface area contributed by atoms with Crippen LogP contribution in [0.25, 0.3) is 0 Å². The first-order chi connectivity index (χ1) is 8.77. The molecule has 2 heterocycles. The first kappa shape index (κ1) is 12.3. The first-order valence-electron chi connectivity index (χ1n) is 5.14. The Morgan fingerprint density at radius 1 is 1.39 bits per heavy atom. The zero-order valence-corrected chi connectivity index (χ0v) is 10.1. The Morgan fingerprint density at radius 2 is 2.28 bits per heavy atom. The van der Waals surface area contributed by atoms with Gasteiger partial charge in [0.25, 0.3) is 0 Å². The molecule has 2 aromatic heterocycles. The highest BCUT2D eigenvalue weighted by atomic mass is 32.1. The van der Waals surface area contributed by atoms with Crippen molar-refractivity contribution >= 4 is 23.0 Å². The van der Waals surface area contributed by atoms with Gasteiger partial charge in [-0.1, -0.05) is 17.3 Å². The molecule has 0 unspecified atom stereocenters. The van der Waals surface area contributed by atoms with Gasteiger partial charge in [0.2, 0.25) is 5.71 Å². The number of pyridine rings is 1. The van der Waals surface area contributed by atoms with E-state index in [2.05, 4.69) is 10.1 Å². The minimum absolute atomic E-state index is 0.0964. The number of carbonyl (C=O) groups is 1. The molecule has 0 radical (unpaired) electrons. The Kier molecular flexibility index (Phi) is 4.03. The molecule has 0 aliphatic carbocycles. The molecule has 18 heavy (non-hydrogen) atoms. The van der Waals surface area contributed by atoms with E-state index in [0.717, 1.165) is 0 Å². The summed E-state index contributed by atoms with van der Waals surface area (Å²) in [5.74, 6) is -1.11. The summed E-state index contributed by atoms with van der Waals surface area (Å²) in [4.78, 5) is 20.6. The molecule has 5 nitrogen and oxygen atoms in total. The van der Waals surface area contributed by atoms with Crippen LogP contribution in [0, 0.1) is 0 Å². The van der Waals surface area contributed by atoms with E-state index in [9.17, 15) is 4.79 Å². The van der Waals surface area contributed by atoms with Crippen molar-refractivity contribution in [3.8, 4) is 0 Å². The summed E-state index contributed by atoms with van der Waals surface area (Å²) in [5.41, 5.74) is 0.595. The number of nitrogens with zero attached hydrogens (tertiary/aromatic N) is 2. The molecule has 0 fully saturated rings. The Morgan fingerprint density at radius 3 is 2.89 bits per heavy atom. The second-order valence-electron chi connectivity index (χ2n) is 3.32. The molecule has 0 amide bonds. The van der Waals surface area contributed by atoms with Crippen LogP contribution in [0.5, 0.6) is 0 Å². The number of carboxylic acids is 1. The number of aromatic nitrogens is 1. The van der Waals surface area contributed by atoms with Gasteiger partial charge in [-0.25, -0.2) is 4.79 Å². The van der Waals surface area contributed by atoms with Crippen molar-refractivity contribution in [2.45, 2.75) is 6.61 Å². The third-order valence-electron chi connectivity index (χ3n) is 2.05. The summed E-state index contributed by atoms with van der Waals surface area (Å²) in [5, 5.41) is 14.5. The Labute approximate surface area is 107 Å². The predicted octanol–water partition coefficient (Wildman–Crippen LogP) is 2.15. The topological polar surface area (TPSA) is 71.8 Å². The maximum Gasteiger partial charge on any atom is 0.359 e. The third kappa shape index (κ3) is 3.14. The van der Waals surface area contributed by atoms with Gasteiger partial charge in [0, 0.05) is 6.20 Å². The molecule has 0 aliphatic rings. The summed E-state index contributed by atoms with van der Waals surface area (Å²) < 4.78 is 0. The van der Waals surface area contributed by atoms with Crippen molar-refractivity contribution in [3.05, 3.63) is 52.5 Å². The van der Waals surface area contributed by atoms with E-state index in [4.69, 9.17) is 9.94 Å². The lowest BCUT2D eigenvalue weighted by molar-refractivity contribution is -0.129. The number of hydrogen-bond donors (Lipinski definition) is 1. The van der Waals surface area contributed by atoms with Gasteiger partial charge in [-0.15, -0.1) is 11.3 Å². The van der Waals surface area contributed by atoms with Crippen LogP contribution in [-0.2, 0) is 16.2 Å². The van der Waals surface area contributed by atoms with Crippen molar-refractivity contribution in [2.24, 2.45) is 5.16 Å². The van der Waals surface area contributed by atoms with Crippen LogP contribution in [0.2, 0.25) is 0 Å². The van der Waals surface area contributed by atoms with Crippen LogP contribution in [0.3, 0.4) is 0 Å². The average molecular weight is 262 g/mol. The summed E-state index contributed by atoms with van der Waals surface area (Å²) in [6, 6.07) is 8.84. The number of aliphatic carboxylic acids is 1. The van der Waals surface area contributed by atoms with Crippen LogP contribution in [0.15, 0.2) is 47.1 Å². The van der Waals surface area contributed by atoms with Gasteiger partial charge in [0.05, 0.1) is 10.6 Å². The highest BCUT2D eigenvalue weighted by Crippen LogP contribution is 2.11. The van der Waals surface area contributed by atoms with Gasteiger partial charge in [0.15, 0.2) is 6.61 Å². The van der Waals surface area contributed by atoms with E-state index in [1.807, 2.05) is 6.07 Å². The monoisotopic (exact) mass is 262 g/mol. The molecular formula is C12H10N2O3S. The summed E-state index contributed by atoms with van der Waals surface area (Å²) in [6.45, 7) is 0.142. The van der Waals surface area contributed by atoms with Gasteiger partial charge in [-0.3, -0.25) is 4.98 Å². The molecule has 1 N–H and O–H groups in total. The van der Waals surface area contributed by atoms with Crippen LogP contribution in [0.1, 0.15) is 10.6 Å². The van der Waals surface area contributed by atoms with Gasteiger partial charge >= 0.3 is 5.97 Å². The fourth-order valence-corrected chi connectivity index (χ4v) is 1.95. The Bertz CT molecular complexity index is 538. The molecule has 0 atom stereocenters. The van der Waals surface area contributed by atoms with Crippen LogP contribution >= 0.6 is 11.3 Å². The fraction of sp³-hybridized carbons (Fsp3) is 0.0833. The molecular weight excluding hydrogens is 252 g/mol. The number of hydrogen-bond acceptors (Lipinski definition) is 5. The van der Waals surface area contributed by atoms with Crippen molar-refractivity contribution in [3.63, 3.8) is 0 Å². The summed E-state index contributed by atoms with van der Waals surface area (Å²) >= 11 is 1.30. The van der Waals surface area contributed by atoms with Gasteiger partial charge in [-0.05, 0) is 23.6 Å². The van der Waals surface area contributed by atoms with E-state index in [1.165, 1.54) is 11.3 Å². The second-order valence-corrected chi connectivity index (χ2v) is 4.26. The summed E-state index contributed by atoms with van der Waals surface area (Å²) in [7, 11) is 0. The molecule has 2 aromatic rings. The van der Waals surface area contributed by atoms with Crippen LogP contribution < -0.4 is 0 Å². The van der Waals surface area contributed by atoms with Gasteiger partial charge < -0.3 is 9.94 Å². The van der Waals surface area contributed by atoms with E-state index >= 15 is 0 Å². The fourth-order valence-electron chi connectivity index (χ4n) is 1.25. The first-order valence-corrected chi connectivity index (χ1v) is 6.02. The average Bonchev–Trinajstić information content (AvgIpc) is 2.89. The van der Waals surface area contributed by atoms with Crippen molar-refractivity contribution in [2.75, 3.05) is 0 Å². The zero-order chi connectivity index (χ0) is 12.8. The smallest absolute Gasteiger partial charge is 0.359 e. The van der Waals surface area contributed by atoms with E-state index in [1.54, 1.807) is 35.8 Å². The minimum atomic E-state index is -1.11. The maximum absolute atomic E-state index is 11.0. The molecule has 2 rings (SSSR count). The number of rotatable bonds is 5. The number of oxime groups is 1. The zero-order valence-electron chi connectivity index (χ0n) is 9.31. The highest BCUT2D eigenvalue weighted by molar-refractivity contribution is 7.13. The van der Waals surface area contributed by atoms with E-state index in [0.29, 0.717) is 10.6 Å². The molecule has 0 saturated carbocycles. The quantitative estimate of drug-likeness (QED) is 0.662. The standard InChI is InChI=1S/C12H10N2O3S/c15-12(16)11(10-5-3-7-18-10)14-17-8-9-4-1-2-6-13-9/h1-7H,8H2,(H,15,16). The van der Waals surface area contributed by atoms with E-state index < -0.39 is 5.97 Å². The predicted molar refractivity (Wildman–Crippen MR) is 67.5 cm³/mol. The highest BCUT2D eigenvalue weighted by Gasteiger charge is 2.14. The number of carboxylic acid groups (broad SMARTS) is 1. The molecule has 0 bridgehead atoms. The normalized spacial score (nSPS) is 11.2. The SMILES string of the molecule is O=C(O)C(=NOCc1ccccn1)c1cccs1. The van der Waals surface area contributed by atoms with Crippen molar-refractivity contribution < 1.29 is 14.7 Å². The molecule has 0 saturated heterocycles. The second kappa shape index (κ2) is 5.92. The molecule has 0 aromatic carbocycles. The molecule has 0 spiro atoms. The van der Waals surface area contributed by atoms with Crippen LogP contribution in [-0.4, -0.2) is 21.8 Å². The van der Waals surface area contributed by atoms with Crippen molar-refractivity contribution in [1.82, 2.24) is 4.98 Å². The largest absolute Gasteiger partial charge is 0.476 e. The number of thiophene rings is 1. The third-order valence-corrected chi connectivity index (χ3v) is 2.93. The van der Waals surface area contributed by atoms with Crippen molar-refractivity contribution in [1.29, 1.82) is 0 Å². The minimum Gasteiger partial charge on any atom is -0.476 e. The summed E-state index contributed by atoms with van der Waals surface area (Å²) in [6.07, 6.45) is 1.64. The van der Waals surface area contributed by atoms with E-state index in [-0.39, 0.29) is 12.3 Å². The lowest BCUT2D eigenvalue weighted by Gasteiger charge is -2.00. The van der Waals surface area contributed by atoms with Gasteiger partial charge in [-0.2, -0.15) is 0 Å². The Hall–Kier alpha value is -2.21. The Balaban J connectivity index is 2.04.